The molecule has 0 aliphatic heterocycles. The number of hydrogen-bond donors (Lipinski definition) is 0. The zero-order chi connectivity index (χ0) is 13.2. The van der Waals surface area contributed by atoms with Gasteiger partial charge in [-0.2, -0.15) is 0 Å². The molecule has 5 aliphatic carbocycles. The monoisotopic (exact) mass is 278 g/mol. The second kappa shape index (κ2) is 4.46. The third-order valence-electron chi connectivity index (χ3n) is 7.86. The van der Waals surface area contributed by atoms with Gasteiger partial charge in [-0.25, -0.2) is 0 Å². The van der Waals surface area contributed by atoms with Crippen LogP contribution >= 0.6 is 9.24 Å². The van der Waals surface area contributed by atoms with Crippen LogP contribution in [0, 0.1) is 40.9 Å². The molecule has 0 N–H and O–H groups in total. The van der Waals surface area contributed by atoms with Crippen molar-refractivity contribution in [1.82, 2.24) is 0 Å². The van der Waals surface area contributed by atoms with Gasteiger partial charge in [0.15, 0.2) is 0 Å². The Labute approximate surface area is 121 Å². The van der Waals surface area contributed by atoms with Crippen molar-refractivity contribution in [1.29, 1.82) is 0 Å². The topological polar surface area (TPSA) is 0 Å². The van der Waals surface area contributed by atoms with E-state index < -0.39 is 0 Å². The van der Waals surface area contributed by atoms with Crippen molar-refractivity contribution < 1.29 is 0 Å². The third-order valence-corrected chi connectivity index (χ3v) is 9.07. The molecule has 5 fully saturated rings. The van der Waals surface area contributed by atoms with E-state index in [4.69, 9.17) is 0 Å². The van der Waals surface area contributed by atoms with Crippen LogP contribution in [0.4, 0.5) is 0 Å². The van der Waals surface area contributed by atoms with Gasteiger partial charge in [0.1, 0.15) is 0 Å². The van der Waals surface area contributed by atoms with E-state index in [0.29, 0.717) is 0 Å². The summed E-state index contributed by atoms with van der Waals surface area (Å²) in [7, 11) is 3.34. The summed E-state index contributed by atoms with van der Waals surface area (Å²) in [6.45, 7) is 5.01. The molecular weight excluding hydrogens is 247 g/mol. The molecule has 0 aromatic heterocycles. The summed E-state index contributed by atoms with van der Waals surface area (Å²) in [5.41, 5.74) is 1.72. The molecule has 0 spiro atoms. The van der Waals surface area contributed by atoms with Crippen LogP contribution in [0.2, 0.25) is 0 Å². The zero-order valence-corrected chi connectivity index (χ0v) is 13.9. The molecule has 0 radical (unpaired) electrons. The molecule has 5 rings (SSSR count). The smallest absolute Gasteiger partial charge is 0.0176 e. The number of hydrogen-bond acceptors (Lipinski definition) is 0. The highest BCUT2D eigenvalue weighted by molar-refractivity contribution is 7.17. The number of rotatable bonds is 1. The van der Waals surface area contributed by atoms with E-state index in [-0.39, 0.29) is 0 Å². The molecular formula is C18H31P. The predicted molar refractivity (Wildman–Crippen MR) is 85.2 cm³/mol. The first kappa shape index (κ1) is 13.1. The molecule has 0 saturated heterocycles. The van der Waals surface area contributed by atoms with Gasteiger partial charge in [-0.05, 0) is 91.5 Å². The Balaban J connectivity index is 1.62. The Morgan fingerprint density at radius 1 is 0.842 bits per heavy atom. The Kier molecular flexibility index (Phi) is 3.08. The standard InChI is InChI=1S/C18H31P/c1-11-3-4-16(5-12(11)2)18-9-13-6-14(10-18)8-15(7-13)17(18)19/h11-17H,3-10,19H2,1-2H3. The van der Waals surface area contributed by atoms with Gasteiger partial charge >= 0.3 is 0 Å². The lowest BCUT2D eigenvalue weighted by atomic mass is 9.44. The van der Waals surface area contributed by atoms with Gasteiger partial charge in [0.25, 0.3) is 0 Å². The van der Waals surface area contributed by atoms with Gasteiger partial charge < -0.3 is 0 Å². The molecule has 4 bridgehead atoms. The van der Waals surface area contributed by atoms with E-state index in [9.17, 15) is 0 Å². The second-order valence-electron chi connectivity index (χ2n) is 8.83. The molecule has 5 saturated carbocycles. The molecule has 7 unspecified atom stereocenters. The van der Waals surface area contributed by atoms with Gasteiger partial charge in [0.05, 0.1) is 0 Å². The highest BCUT2D eigenvalue weighted by Crippen LogP contribution is 2.66. The average molecular weight is 278 g/mol. The molecule has 0 nitrogen and oxygen atoms in total. The Hall–Kier alpha value is 0.430. The van der Waals surface area contributed by atoms with Crippen LogP contribution in [0.25, 0.3) is 0 Å². The Bertz CT molecular complexity index is 349. The van der Waals surface area contributed by atoms with Gasteiger partial charge in [0.2, 0.25) is 0 Å². The van der Waals surface area contributed by atoms with E-state index in [2.05, 4.69) is 23.1 Å². The first-order valence-electron chi connectivity index (χ1n) is 8.84. The summed E-state index contributed by atoms with van der Waals surface area (Å²) in [4.78, 5) is 0. The fourth-order valence-electron chi connectivity index (χ4n) is 6.82. The molecule has 7 atom stereocenters. The van der Waals surface area contributed by atoms with Crippen molar-refractivity contribution in [2.45, 2.75) is 70.9 Å². The van der Waals surface area contributed by atoms with Gasteiger partial charge in [0, 0.05) is 0 Å². The van der Waals surface area contributed by atoms with E-state index in [0.717, 1.165) is 46.6 Å². The minimum absolute atomic E-state index is 0.758. The van der Waals surface area contributed by atoms with Crippen molar-refractivity contribution in [2.24, 2.45) is 40.9 Å². The molecule has 108 valence electrons. The van der Waals surface area contributed by atoms with Crippen molar-refractivity contribution in [2.75, 3.05) is 0 Å². The highest BCUT2D eigenvalue weighted by Gasteiger charge is 2.58. The van der Waals surface area contributed by atoms with Crippen LogP contribution in [0.3, 0.4) is 0 Å². The quantitative estimate of drug-likeness (QED) is 0.583. The van der Waals surface area contributed by atoms with Crippen LogP contribution in [-0.2, 0) is 0 Å². The normalized spacial score (nSPS) is 60.5. The summed E-state index contributed by atoms with van der Waals surface area (Å²) < 4.78 is 0. The zero-order valence-electron chi connectivity index (χ0n) is 12.8. The largest absolute Gasteiger partial charge is 0.134 e. The first-order valence-corrected chi connectivity index (χ1v) is 9.50. The molecule has 19 heavy (non-hydrogen) atoms. The maximum Gasteiger partial charge on any atom is -0.0176 e. The van der Waals surface area contributed by atoms with E-state index in [1.165, 1.54) is 12.8 Å². The Morgan fingerprint density at radius 3 is 2.16 bits per heavy atom. The lowest BCUT2D eigenvalue weighted by Gasteiger charge is -2.64. The average Bonchev–Trinajstić information content (AvgIpc) is 2.38. The molecule has 5 aliphatic rings. The van der Waals surface area contributed by atoms with Crippen LogP contribution < -0.4 is 0 Å². The molecule has 0 amide bonds. The molecule has 0 aromatic rings. The van der Waals surface area contributed by atoms with Crippen LogP contribution in [0.15, 0.2) is 0 Å². The highest BCUT2D eigenvalue weighted by atomic mass is 31.0. The van der Waals surface area contributed by atoms with Gasteiger partial charge in [-0.15, -0.1) is 9.24 Å². The Morgan fingerprint density at radius 2 is 1.53 bits per heavy atom. The minimum Gasteiger partial charge on any atom is -0.134 e. The van der Waals surface area contributed by atoms with Gasteiger partial charge in [-0.1, -0.05) is 20.3 Å². The van der Waals surface area contributed by atoms with Crippen LogP contribution in [0.1, 0.15) is 65.2 Å². The van der Waals surface area contributed by atoms with Crippen molar-refractivity contribution >= 4 is 9.24 Å². The lowest BCUT2D eigenvalue weighted by Crippen LogP contribution is -2.57. The van der Waals surface area contributed by atoms with Crippen molar-refractivity contribution in [3.8, 4) is 0 Å². The fraction of sp³-hybridized carbons (Fsp3) is 1.00. The summed E-state index contributed by atoms with van der Waals surface area (Å²) in [5.74, 6) is 6.32. The lowest BCUT2D eigenvalue weighted by molar-refractivity contribution is -0.0956. The van der Waals surface area contributed by atoms with Crippen LogP contribution in [-0.4, -0.2) is 5.66 Å². The van der Waals surface area contributed by atoms with E-state index in [1.807, 2.05) is 0 Å². The second-order valence-corrected chi connectivity index (χ2v) is 9.55. The summed E-state index contributed by atoms with van der Waals surface area (Å²) in [6.07, 6.45) is 12.5. The summed E-state index contributed by atoms with van der Waals surface area (Å²) in [5, 5.41) is 0. The third kappa shape index (κ3) is 1.88. The molecule has 0 aromatic carbocycles. The summed E-state index contributed by atoms with van der Waals surface area (Å²) >= 11 is 0. The summed E-state index contributed by atoms with van der Waals surface area (Å²) in [6, 6.07) is 0. The van der Waals surface area contributed by atoms with Crippen LogP contribution in [0.5, 0.6) is 0 Å². The molecule has 1 heteroatoms. The fourth-order valence-corrected chi connectivity index (χ4v) is 7.68. The van der Waals surface area contributed by atoms with Gasteiger partial charge in [-0.3, -0.25) is 0 Å². The SMILES string of the molecule is CC1CCC(C23CC4CC(CC(C4)C2P)C3)CC1C. The van der Waals surface area contributed by atoms with Crippen molar-refractivity contribution in [3.63, 3.8) is 0 Å². The first-order chi connectivity index (χ1) is 9.08. The van der Waals surface area contributed by atoms with Crippen molar-refractivity contribution in [3.05, 3.63) is 0 Å². The predicted octanol–water partition coefficient (Wildman–Crippen LogP) is 5.13. The van der Waals surface area contributed by atoms with E-state index in [1.54, 1.807) is 38.5 Å². The molecule has 0 heterocycles. The van der Waals surface area contributed by atoms with E-state index >= 15 is 0 Å². The maximum absolute atomic E-state index is 3.34. The maximum atomic E-state index is 3.34. The minimum atomic E-state index is 0.758.